The SMILES string of the molecule is CCOc1ccc(C(=O)N(c2ccccc2CC)C2C=CS(=O)(=O)C2)cc1OCC. The van der Waals surface area contributed by atoms with Crippen LogP contribution in [0.5, 0.6) is 11.5 Å². The van der Waals surface area contributed by atoms with Gasteiger partial charge in [0.2, 0.25) is 0 Å². The summed E-state index contributed by atoms with van der Waals surface area (Å²) in [6, 6.07) is 12.1. The molecule has 2 aromatic rings. The van der Waals surface area contributed by atoms with Gasteiger partial charge in [0.1, 0.15) is 0 Å². The minimum atomic E-state index is -3.33. The van der Waals surface area contributed by atoms with Crippen molar-refractivity contribution >= 4 is 21.4 Å². The summed E-state index contributed by atoms with van der Waals surface area (Å²) in [5, 5.41) is 1.19. The van der Waals surface area contributed by atoms with Crippen LogP contribution >= 0.6 is 0 Å². The van der Waals surface area contributed by atoms with Crippen LogP contribution in [0.15, 0.2) is 53.9 Å². The van der Waals surface area contributed by atoms with Gasteiger partial charge in [-0.3, -0.25) is 4.79 Å². The molecule has 0 fully saturated rings. The second-order valence-corrected chi connectivity index (χ2v) is 8.84. The third-order valence-electron chi connectivity index (χ3n) is 4.88. The number of hydrogen-bond acceptors (Lipinski definition) is 5. The molecule has 1 amide bonds. The lowest BCUT2D eigenvalue weighted by molar-refractivity contribution is 0.0982. The fourth-order valence-electron chi connectivity index (χ4n) is 3.53. The number of carbonyl (C=O) groups is 1. The van der Waals surface area contributed by atoms with E-state index in [1.807, 2.05) is 45.0 Å². The van der Waals surface area contributed by atoms with Crippen LogP contribution in [0.2, 0.25) is 0 Å². The maximum Gasteiger partial charge on any atom is 0.259 e. The Morgan fingerprint density at radius 3 is 2.37 bits per heavy atom. The van der Waals surface area contributed by atoms with Crippen molar-refractivity contribution in [2.75, 3.05) is 23.9 Å². The molecule has 30 heavy (non-hydrogen) atoms. The van der Waals surface area contributed by atoms with Gasteiger partial charge in [-0.25, -0.2) is 8.42 Å². The maximum absolute atomic E-state index is 13.6. The smallest absolute Gasteiger partial charge is 0.259 e. The Kier molecular flexibility index (Phi) is 6.82. The third kappa shape index (κ3) is 4.67. The van der Waals surface area contributed by atoms with Gasteiger partial charge >= 0.3 is 0 Å². The molecule has 6 nitrogen and oxygen atoms in total. The van der Waals surface area contributed by atoms with Crippen LogP contribution in [-0.4, -0.2) is 39.3 Å². The van der Waals surface area contributed by atoms with Crippen molar-refractivity contribution in [1.82, 2.24) is 0 Å². The zero-order valence-electron chi connectivity index (χ0n) is 17.5. The number of anilines is 1. The first kappa shape index (κ1) is 21.9. The number of sulfone groups is 1. The van der Waals surface area contributed by atoms with Crippen molar-refractivity contribution in [3.05, 3.63) is 65.1 Å². The normalized spacial score (nSPS) is 17.0. The van der Waals surface area contributed by atoms with Gasteiger partial charge in [-0.05, 0) is 56.2 Å². The highest BCUT2D eigenvalue weighted by atomic mass is 32.2. The van der Waals surface area contributed by atoms with Crippen molar-refractivity contribution in [3.8, 4) is 11.5 Å². The van der Waals surface area contributed by atoms with Crippen LogP contribution in [0, 0.1) is 0 Å². The molecule has 0 spiro atoms. The Labute approximate surface area is 178 Å². The highest BCUT2D eigenvalue weighted by Crippen LogP contribution is 2.32. The molecule has 0 saturated carbocycles. The predicted molar refractivity (Wildman–Crippen MR) is 118 cm³/mol. The molecule has 7 heteroatoms. The van der Waals surface area contributed by atoms with Gasteiger partial charge in [-0.1, -0.05) is 25.1 Å². The predicted octanol–water partition coefficient (Wildman–Crippen LogP) is 4.00. The molecule has 1 aliphatic heterocycles. The summed E-state index contributed by atoms with van der Waals surface area (Å²) in [7, 11) is -3.33. The van der Waals surface area contributed by atoms with E-state index in [-0.39, 0.29) is 11.7 Å². The number of aryl methyl sites for hydroxylation is 1. The zero-order valence-corrected chi connectivity index (χ0v) is 18.3. The van der Waals surface area contributed by atoms with Crippen molar-refractivity contribution in [2.45, 2.75) is 33.2 Å². The second-order valence-electron chi connectivity index (χ2n) is 6.91. The molecule has 0 saturated heterocycles. The molecule has 0 aromatic heterocycles. The average Bonchev–Trinajstić information content (AvgIpc) is 3.09. The third-order valence-corrected chi connectivity index (χ3v) is 6.26. The molecular weight excluding hydrogens is 402 g/mol. The van der Waals surface area contributed by atoms with E-state index in [2.05, 4.69) is 0 Å². The molecule has 1 aliphatic rings. The fraction of sp³-hybridized carbons (Fsp3) is 0.348. The lowest BCUT2D eigenvalue weighted by atomic mass is 10.1. The number of rotatable bonds is 8. The van der Waals surface area contributed by atoms with E-state index in [9.17, 15) is 13.2 Å². The Morgan fingerprint density at radius 1 is 1.03 bits per heavy atom. The lowest BCUT2D eigenvalue weighted by Gasteiger charge is -2.30. The van der Waals surface area contributed by atoms with E-state index in [0.717, 1.165) is 12.0 Å². The van der Waals surface area contributed by atoms with Gasteiger partial charge in [0.15, 0.2) is 21.3 Å². The first-order chi connectivity index (χ1) is 14.4. The Hall–Kier alpha value is -2.80. The van der Waals surface area contributed by atoms with E-state index in [1.165, 1.54) is 5.41 Å². The van der Waals surface area contributed by atoms with Crippen molar-refractivity contribution < 1.29 is 22.7 Å². The summed E-state index contributed by atoms with van der Waals surface area (Å²) in [6.07, 6.45) is 2.30. The highest BCUT2D eigenvalue weighted by molar-refractivity contribution is 7.94. The van der Waals surface area contributed by atoms with Gasteiger partial charge in [-0.2, -0.15) is 0 Å². The van der Waals surface area contributed by atoms with Crippen molar-refractivity contribution in [1.29, 1.82) is 0 Å². The number of nitrogens with zero attached hydrogens (tertiary/aromatic N) is 1. The van der Waals surface area contributed by atoms with Gasteiger partial charge in [0.25, 0.3) is 5.91 Å². The fourth-order valence-corrected chi connectivity index (χ4v) is 4.79. The summed E-state index contributed by atoms with van der Waals surface area (Å²) < 4.78 is 35.4. The van der Waals surface area contributed by atoms with Crippen LogP contribution in [-0.2, 0) is 16.3 Å². The van der Waals surface area contributed by atoms with Gasteiger partial charge in [0.05, 0.1) is 25.0 Å². The minimum Gasteiger partial charge on any atom is -0.490 e. The van der Waals surface area contributed by atoms with Crippen molar-refractivity contribution in [3.63, 3.8) is 0 Å². The molecule has 2 aromatic carbocycles. The standard InChI is InChI=1S/C23H27NO5S/c1-4-17-9-7-8-10-20(17)24(19-13-14-30(26,27)16-19)23(25)18-11-12-21(28-5-2)22(15-18)29-6-3/h7-15,19H,4-6,16H2,1-3H3. The van der Waals surface area contributed by atoms with E-state index in [1.54, 1.807) is 29.2 Å². The van der Waals surface area contributed by atoms with Crippen LogP contribution in [0.25, 0.3) is 0 Å². The Bertz CT molecular complexity index is 1050. The van der Waals surface area contributed by atoms with Gasteiger partial charge in [-0.15, -0.1) is 0 Å². The van der Waals surface area contributed by atoms with Crippen molar-refractivity contribution in [2.24, 2.45) is 0 Å². The summed E-state index contributed by atoms with van der Waals surface area (Å²) >= 11 is 0. The molecule has 0 N–H and O–H groups in total. The van der Waals surface area contributed by atoms with Crippen LogP contribution < -0.4 is 14.4 Å². The summed E-state index contributed by atoms with van der Waals surface area (Å²) in [4.78, 5) is 15.2. The summed E-state index contributed by atoms with van der Waals surface area (Å²) in [5.41, 5.74) is 2.09. The molecule has 1 heterocycles. The van der Waals surface area contributed by atoms with Crippen LogP contribution in [0.3, 0.4) is 0 Å². The van der Waals surface area contributed by atoms with E-state index >= 15 is 0 Å². The number of hydrogen-bond donors (Lipinski definition) is 0. The second kappa shape index (κ2) is 9.34. The molecular formula is C23H27NO5S. The Morgan fingerprint density at radius 2 is 1.73 bits per heavy atom. The molecule has 0 radical (unpaired) electrons. The van der Waals surface area contributed by atoms with Gasteiger partial charge in [0, 0.05) is 16.7 Å². The van der Waals surface area contributed by atoms with E-state index < -0.39 is 15.9 Å². The van der Waals surface area contributed by atoms with E-state index in [0.29, 0.717) is 36.0 Å². The molecule has 3 rings (SSSR count). The number of para-hydroxylation sites is 1. The number of carbonyl (C=O) groups excluding carboxylic acids is 1. The first-order valence-corrected chi connectivity index (χ1v) is 11.8. The van der Waals surface area contributed by atoms with Gasteiger partial charge < -0.3 is 14.4 Å². The topological polar surface area (TPSA) is 72.9 Å². The lowest BCUT2D eigenvalue weighted by Crippen LogP contribution is -2.41. The number of benzene rings is 2. The van der Waals surface area contributed by atoms with E-state index in [4.69, 9.17) is 9.47 Å². The molecule has 0 bridgehead atoms. The summed E-state index contributed by atoms with van der Waals surface area (Å²) in [6.45, 7) is 6.66. The molecule has 1 atom stereocenters. The quantitative estimate of drug-likeness (QED) is 0.634. The molecule has 160 valence electrons. The van der Waals surface area contributed by atoms with Crippen LogP contribution in [0.1, 0.15) is 36.7 Å². The monoisotopic (exact) mass is 429 g/mol. The zero-order chi connectivity index (χ0) is 21.7. The van der Waals surface area contributed by atoms with Crippen LogP contribution in [0.4, 0.5) is 5.69 Å². The summed E-state index contributed by atoms with van der Waals surface area (Å²) in [5.74, 6) is 0.640. The minimum absolute atomic E-state index is 0.133. The maximum atomic E-state index is 13.6. The molecule has 1 unspecified atom stereocenters. The largest absolute Gasteiger partial charge is 0.490 e. The Balaban J connectivity index is 2.07. The first-order valence-electron chi connectivity index (χ1n) is 10.1. The molecule has 0 aliphatic carbocycles. The highest BCUT2D eigenvalue weighted by Gasteiger charge is 2.33. The number of amides is 1. The number of ether oxygens (including phenoxy) is 2. The average molecular weight is 430 g/mol.